The van der Waals surface area contributed by atoms with Gasteiger partial charge in [0.15, 0.2) is 0 Å². The maximum atomic E-state index is 13.1. The van der Waals surface area contributed by atoms with Gasteiger partial charge < -0.3 is 20.1 Å². The zero-order valence-corrected chi connectivity index (χ0v) is 21.7. The second-order valence-electron chi connectivity index (χ2n) is 9.82. The standard InChI is InChI=1S/C28H38N2O5/c1-19-16-20(2)24(21(3)17-19)25(31)30-23(26(32)35-28(4,5)6)14-10-11-15-29-27(33)34-18-22-12-8-7-9-13-22/h7-9,12-13,16-17,23H,10-11,14-15,18H2,1-6H3,(H,29,33)(H,30,31)/t23-/m1/s1. The van der Waals surface area contributed by atoms with Gasteiger partial charge in [-0.3, -0.25) is 4.79 Å². The molecule has 0 aliphatic rings. The summed E-state index contributed by atoms with van der Waals surface area (Å²) in [7, 11) is 0. The molecule has 0 heterocycles. The lowest BCUT2D eigenvalue weighted by Crippen LogP contribution is -2.44. The van der Waals surface area contributed by atoms with E-state index >= 15 is 0 Å². The van der Waals surface area contributed by atoms with Crippen molar-refractivity contribution >= 4 is 18.0 Å². The Balaban J connectivity index is 1.89. The minimum atomic E-state index is -0.785. The molecule has 2 aromatic carbocycles. The van der Waals surface area contributed by atoms with Gasteiger partial charge in [-0.25, -0.2) is 9.59 Å². The molecule has 2 N–H and O–H groups in total. The third-order valence-electron chi connectivity index (χ3n) is 5.30. The minimum Gasteiger partial charge on any atom is -0.458 e. The van der Waals surface area contributed by atoms with Gasteiger partial charge in [-0.1, -0.05) is 48.0 Å². The van der Waals surface area contributed by atoms with E-state index in [9.17, 15) is 14.4 Å². The van der Waals surface area contributed by atoms with Gasteiger partial charge in [0, 0.05) is 12.1 Å². The van der Waals surface area contributed by atoms with Crippen molar-refractivity contribution in [3.05, 3.63) is 70.3 Å². The van der Waals surface area contributed by atoms with Crippen LogP contribution in [0.1, 0.15) is 72.6 Å². The Bertz CT molecular complexity index is 989. The predicted octanol–water partition coefficient (Wildman–Crippen LogP) is 5.15. The summed E-state index contributed by atoms with van der Waals surface area (Å²) in [6.45, 7) is 11.8. The number of amides is 2. The van der Waals surface area contributed by atoms with Crippen molar-refractivity contribution in [3.63, 3.8) is 0 Å². The highest BCUT2D eigenvalue weighted by Gasteiger charge is 2.27. The number of carbonyl (C=O) groups excluding carboxylic acids is 3. The van der Waals surface area contributed by atoms with E-state index in [1.165, 1.54) is 0 Å². The summed E-state index contributed by atoms with van der Waals surface area (Å²) >= 11 is 0. The molecule has 0 unspecified atom stereocenters. The van der Waals surface area contributed by atoms with E-state index < -0.39 is 23.7 Å². The number of ether oxygens (including phenoxy) is 2. The van der Waals surface area contributed by atoms with Crippen LogP contribution < -0.4 is 10.6 Å². The van der Waals surface area contributed by atoms with E-state index in [1.54, 1.807) is 20.8 Å². The van der Waals surface area contributed by atoms with Crippen molar-refractivity contribution in [1.82, 2.24) is 10.6 Å². The fraction of sp³-hybridized carbons (Fsp3) is 0.464. The minimum absolute atomic E-state index is 0.206. The number of alkyl carbamates (subject to hydrolysis) is 1. The summed E-state index contributed by atoms with van der Waals surface area (Å²) in [4.78, 5) is 37.8. The Labute approximate surface area is 208 Å². The number of unbranched alkanes of at least 4 members (excludes halogenated alkanes) is 1. The normalized spacial score (nSPS) is 11.9. The highest BCUT2D eigenvalue weighted by molar-refractivity contribution is 5.99. The first-order chi connectivity index (χ1) is 16.5. The molecule has 2 amide bonds. The second-order valence-corrected chi connectivity index (χ2v) is 9.82. The first-order valence-corrected chi connectivity index (χ1v) is 12.0. The second kappa shape index (κ2) is 12.9. The highest BCUT2D eigenvalue weighted by Crippen LogP contribution is 2.18. The maximum absolute atomic E-state index is 13.1. The monoisotopic (exact) mass is 482 g/mol. The van der Waals surface area contributed by atoms with Crippen LogP contribution in [-0.4, -0.2) is 36.2 Å². The molecule has 0 spiro atoms. The molecular formula is C28H38N2O5. The lowest BCUT2D eigenvalue weighted by atomic mass is 9.98. The van der Waals surface area contributed by atoms with E-state index in [0.29, 0.717) is 31.4 Å². The Morgan fingerprint density at radius 2 is 1.57 bits per heavy atom. The smallest absolute Gasteiger partial charge is 0.407 e. The Morgan fingerprint density at radius 1 is 0.943 bits per heavy atom. The van der Waals surface area contributed by atoms with Crippen molar-refractivity contribution in [3.8, 4) is 0 Å². The molecule has 0 fully saturated rings. The molecule has 0 bridgehead atoms. The fourth-order valence-corrected chi connectivity index (χ4v) is 3.83. The number of rotatable bonds is 10. The summed E-state index contributed by atoms with van der Waals surface area (Å²) in [6, 6.07) is 12.6. The molecule has 0 saturated carbocycles. The topological polar surface area (TPSA) is 93.7 Å². The molecule has 35 heavy (non-hydrogen) atoms. The molecule has 0 radical (unpaired) electrons. The summed E-state index contributed by atoms with van der Waals surface area (Å²) in [5.41, 5.74) is 3.63. The molecule has 0 aliphatic carbocycles. The van der Waals surface area contributed by atoms with Crippen LogP contribution in [0.15, 0.2) is 42.5 Å². The van der Waals surface area contributed by atoms with E-state index in [-0.39, 0.29) is 12.5 Å². The zero-order chi connectivity index (χ0) is 26.0. The quantitative estimate of drug-likeness (QED) is 0.361. The summed E-state index contributed by atoms with van der Waals surface area (Å²) in [5.74, 6) is -0.762. The van der Waals surface area contributed by atoms with Crippen LogP contribution >= 0.6 is 0 Å². The van der Waals surface area contributed by atoms with Gasteiger partial charge >= 0.3 is 12.1 Å². The van der Waals surface area contributed by atoms with Gasteiger partial charge in [-0.05, 0) is 77.5 Å². The molecular weight excluding hydrogens is 444 g/mol. The van der Waals surface area contributed by atoms with E-state index in [4.69, 9.17) is 9.47 Å². The van der Waals surface area contributed by atoms with Gasteiger partial charge in [-0.15, -0.1) is 0 Å². The molecule has 190 valence electrons. The molecule has 2 rings (SSSR count). The average Bonchev–Trinajstić information content (AvgIpc) is 2.75. The van der Waals surface area contributed by atoms with Crippen molar-refractivity contribution in [2.75, 3.05) is 6.54 Å². The van der Waals surface area contributed by atoms with E-state index in [0.717, 1.165) is 22.3 Å². The number of hydrogen-bond acceptors (Lipinski definition) is 5. The van der Waals surface area contributed by atoms with Gasteiger partial charge in [0.1, 0.15) is 18.2 Å². The van der Waals surface area contributed by atoms with Gasteiger partial charge in [0.25, 0.3) is 5.91 Å². The maximum Gasteiger partial charge on any atom is 0.407 e. The number of hydrogen-bond donors (Lipinski definition) is 2. The molecule has 7 heteroatoms. The SMILES string of the molecule is Cc1cc(C)c(C(=O)N[C@H](CCCCNC(=O)OCc2ccccc2)C(=O)OC(C)(C)C)c(C)c1. The van der Waals surface area contributed by atoms with Crippen molar-refractivity contribution in [2.24, 2.45) is 0 Å². The third kappa shape index (κ3) is 9.81. The molecule has 0 saturated heterocycles. The third-order valence-corrected chi connectivity index (χ3v) is 5.30. The molecule has 0 aliphatic heterocycles. The Hall–Kier alpha value is -3.35. The van der Waals surface area contributed by atoms with Crippen LogP contribution in [0.5, 0.6) is 0 Å². The average molecular weight is 483 g/mol. The first kappa shape index (κ1) is 27.9. The lowest BCUT2D eigenvalue weighted by Gasteiger charge is -2.25. The summed E-state index contributed by atoms with van der Waals surface area (Å²) < 4.78 is 10.7. The van der Waals surface area contributed by atoms with Crippen LogP contribution in [0.25, 0.3) is 0 Å². The van der Waals surface area contributed by atoms with Crippen molar-refractivity contribution in [1.29, 1.82) is 0 Å². The predicted molar refractivity (Wildman–Crippen MR) is 136 cm³/mol. The van der Waals surface area contributed by atoms with Gasteiger partial charge in [0.2, 0.25) is 0 Å². The molecule has 1 atom stereocenters. The van der Waals surface area contributed by atoms with Crippen LogP contribution in [-0.2, 0) is 20.9 Å². The van der Waals surface area contributed by atoms with Crippen LogP contribution in [0.2, 0.25) is 0 Å². The summed E-state index contributed by atoms with van der Waals surface area (Å²) in [5, 5.41) is 5.59. The number of carbonyl (C=O) groups is 3. The number of benzene rings is 2. The van der Waals surface area contributed by atoms with Crippen LogP contribution in [0, 0.1) is 20.8 Å². The molecule has 2 aromatic rings. The Kier molecular flexibility index (Phi) is 10.3. The zero-order valence-electron chi connectivity index (χ0n) is 21.7. The highest BCUT2D eigenvalue weighted by atomic mass is 16.6. The van der Waals surface area contributed by atoms with Crippen molar-refractivity contribution in [2.45, 2.75) is 79.1 Å². The van der Waals surface area contributed by atoms with Crippen LogP contribution in [0.4, 0.5) is 4.79 Å². The first-order valence-electron chi connectivity index (χ1n) is 12.0. The number of nitrogens with one attached hydrogen (secondary N) is 2. The molecule has 7 nitrogen and oxygen atoms in total. The largest absolute Gasteiger partial charge is 0.458 e. The van der Waals surface area contributed by atoms with Crippen molar-refractivity contribution < 1.29 is 23.9 Å². The Morgan fingerprint density at radius 3 is 2.17 bits per heavy atom. The molecule has 0 aromatic heterocycles. The lowest BCUT2D eigenvalue weighted by molar-refractivity contribution is -0.157. The fourth-order valence-electron chi connectivity index (χ4n) is 3.83. The summed E-state index contributed by atoms with van der Waals surface area (Å²) in [6.07, 6.45) is 1.13. The van der Waals surface area contributed by atoms with E-state index in [1.807, 2.05) is 63.2 Å². The number of aryl methyl sites for hydroxylation is 3. The van der Waals surface area contributed by atoms with Gasteiger partial charge in [0.05, 0.1) is 0 Å². The van der Waals surface area contributed by atoms with Crippen LogP contribution in [0.3, 0.4) is 0 Å². The van der Waals surface area contributed by atoms with E-state index in [2.05, 4.69) is 10.6 Å². The van der Waals surface area contributed by atoms with Gasteiger partial charge in [-0.2, -0.15) is 0 Å². The number of esters is 1.